The van der Waals surface area contributed by atoms with Gasteiger partial charge in [0, 0.05) is 24.9 Å². The maximum atomic E-state index is 12.5. The highest BCUT2D eigenvalue weighted by atomic mass is 35.5. The number of carbonyl (C=O) groups excluding carboxylic acids is 1. The number of rotatable bonds is 2. The fourth-order valence-electron chi connectivity index (χ4n) is 2.98. The minimum absolute atomic E-state index is 0.00989. The van der Waals surface area contributed by atoms with E-state index in [1.54, 1.807) is 4.90 Å². The molecule has 1 amide bonds. The Balaban J connectivity index is 1.89. The molecule has 18 heavy (non-hydrogen) atoms. The van der Waals surface area contributed by atoms with Crippen LogP contribution in [-0.4, -0.2) is 35.4 Å². The van der Waals surface area contributed by atoms with Crippen LogP contribution >= 0.6 is 11.6 Å². The van der Waals surface area contributed by atoms with Gasteiger partial charge in [0.1, 0.15) is 0 Å². The number of amides is 1. The standard InChI is InChI=1S/C12H17ClF3NO/c13-6-8-5-11(18)17(7-8)10-3-1-9(2-4-10)12(14,15)16/h8-10H,1-7H2. The summed E-state index contributed by atoms with van der Waals surface area (Å²) in [4.78, 5) is 13.5. The Kier molecular flexibility index (Phi) is 4.09. The Morgan fingerprint density at radius 1 is 1.22 bits per heavy atom. The summed E-state index contributed by atoms with van der Waals surface area (Å²) in [6.07, 6.45) is -2.43. The van der Waals surface area contributed by atoms with Gasteiger partial charge < -0.3 is 4.90 Å². The minimum atomic E-state index is -4.08. The molecule has 1 heterocycles. The monoisotopic (exact) mass is 283 g/mol. The van der Waals surface area contributed by atoms with Crippen molar-refractivity contribution in [2.24, 2.45) is 11.8 Å². The first-order valence-electron chi connectivity index (χ1n) is 6.34. The lowest BCUT2D eigenvalue weighted by atomic mass is 9.85. The van der Waals surface area contributed by atoms with E-state index in [1.807, 2.05) is 0 Å². The maximum Gasteiger partial charge on any atom is 0.391 e. The molecule has 0 aromatic heterocycles. The zero-order valence-electron chi connectivity index (χ0n) is 10.0. The van der Waals surface area contributed by atoms with Crippen LogP contribution in [0, 0.1) is 11.8 Å². The van der Waals surface area contributed by atoms with Crippen LogP contribution in [0.4, 0.5) is 13.2 Å². The Hall–Kier alpha value is -0.450. The van der Waals surface area contributed by atoms with Gasteiger partial charge in [0.25, 0.3) is 0 Å². The fraction of sp³-hybridized carbons (Fsp3) is 0.917. The van der Waals surface area contributed by atoms with E-state index in [0.29, 0.717) is 31.7 Å². The van der Waals surface area contributed by atoms with Gasteiger partial charge in [0.15, 0.2) is 0 Å². The molecule has 0 spiro atoms. The van der Waals surface area contributed by atoms with Gasteiger partial charge >= 0.3 is 6.18 Å². The first-order valence-corrected chi connectivity index (χ1v) is 6.87. The van der Waals surface area contributed by atoms with Gasteiger partial charge in [0.2, 0.25) is 5.91 Å². The normalized spacial score (nSPS) is 34.1. The SMILES string of the molecule is O=C1CC(CCl)CN1C1CCC(C(F)(F)F)CC1. The molecule has 1 atom stereocenters. The molecule has 2 fully saturated rings. The Labute approximate surface area is 109 Å². The molecule has 0 bridgehead atoms. The average molecular weight is 284 g/mol. The van der Waals surface area contributed by atoms with Crippen molar-refractivity contribution in [2.45, 2.75) is 44.3 Å². The Bertz CT molecular complexity index is 313. The Morgan fingerprint density at radius 2 is 1.83 bits per heavy atom. The number of halogens is 4. The zero-order valence-corrected chi connectivity index (χ0v) is 10.8. The van der Waals surface area contributed by atoms with Crippen molar-refractivity contribution in [3.8, 4) is 0 Å². The van der Waals surface area contributed by atoms with Gasteiger partial charge in [0.05, 0.1) is 5.92 Å². The van der Waals surface area contributed by atoms with Crippen molar-refractivity contribution in [1.82, 2.24) is 4.90 Å². The van der Waals surface area contributed by atoms with Crippen LogP contribution < -0.4 is 0 Å². The maximum absolute atomic E-state index is 12.5. The smallest absolute Gasteiger partial charge is 0.339 e. The van der Waals surface area contributed by atoms with Crippen LogP contribution in [0.25, 0.3) is 0 Å². The van der Waals surface area contributed by atoms with Crippen molar-refractivity contribution in [2.75, 3.05) is 12.4 Å². The second-order valence-electron chi connectivity index (χ2n) is 5.32. The number of hydrogen-bond acceptors (Lipinski definition) is 1. The fourth-order valence-corrected chi connectivity index (χ4v) is 3.19. The second kappa shape index (κ2) is 5.27. The molecule has 6 heteroatoms. The second-order valence-corrected chi connectivity index (χ2v) is 5.63. The number of alkyl halides is 4. The van der Waals surface area contributed by atoms with Crippen molar-refractivity contribution in [3.05, 3.63) is 0 Å². The van der Waals surface area contributed by atoms with E-state index in [1.165, 1.54) is 0 Å². The zero-order chi connectivity index (χ0) is 13.3. The summed E-state index contributed by atoms with van der Waals surface area (Å²) in [5.41, 5.74) is 0. The first kappa shape index (κ1) is 14.0. The molecule has 2 aliphatic rings. The van der Waals surface area contributed by atoms with E-state index >= 15 is 0 Å². The van der Waals surface area contributed by atoms with Crippen LogP contribution in [0.3, 0.4) is 0 Å². The van der Waals surface area contributed by atoms with E-state index in [2.05, 4.69) is 0 Å². The highest BCUT2D eigenvalue weighted by Crippen LogP contribution is 2.39. The van der Waals surface area contributed by atoms with Crippen LogP contribution in [0.1, 0.15) is 32.1 Å². The summed E-state index contributed by atoms with van der Waals surface area (Å²) in [7, 11) is 0. The van der Waals surface area contributed by atoms with Crippen LogP contribution in [0.2, 0.25) is 0 Å². The van der Waals surface area contributed by atoms with Gasteiger partial charge in [-0.05, 0) is 31.6 Å². The predicted octanol–water partition coefficient (Wildman–Crippen LogP) is 3.19. The number of likely N-dealkylation sites (tertiary alicyclic amines) is 1. The van der Waals surface area contributed by atoms with Gasteiger partial charge in [-0.1, -0.05) is 0 Å². The van der Waals surface area contributed by atoms with Crippen LogP contribution in [0.15, 0.2) is 0 Å². The van der Waals surface area contributed by atoms with E-state index in [9.17, 15) is 18.0 Å². The molecule has 2 rings (SSSR count). The third-order valence-corrected chi connectivity index (χ3v) is 4.49. The number of nitrogens with zero attached hydrogens (tertiary/aromatic N) is 1. The first-order chi connectivity index (χ1) is 8.41. The molecule has 1 saturated carbocycles. The lowest BCUT2D eigenvalue weighted by molar-refractivity contribution is -0.184. The largest absolute Gasteiger partial charge is 0.391 e. The van der Waals surface area contributed by atoms with Gasteiger partial charge in [-0.2, -0.15) is 13.2 Å². The number of hydrogen-bond donors (Lipinski definition) is 0. The molecule has 0 aromatic rings. The van der Waals surface area contributed by atoms with Crippen molar-refractivity contribution in [1.29, 1.82) is 0 Å². The predicted molar refractivity (Wildman–Crippen MR) is 62.3 cm³/mol. The molecule has 104 valence electrons. The molecule has 2 nitrogen and oxygen atoms in total. The third-order valence-electron chi connectivity index (χ3n) is 4.06. The number of carbonyl (C=O) groups is 1. The van der Waals surface area contributed by atoms with E-state index in [0.717, 1.165) is 0 Å². The van der Waals surface area contributed by atoms with Gasteiger partial charge in [-0.15, -0.1) is 11.6 Å². The molecular formula is C12H17ClF3NO. The van der Waals surface area contributed by atoms with Crippen LogP contribution in [0.5, 0.6) is 0 Å². The highest BCUT2D eigenvalue weighted by Gasteiger charge is 2.43. The molecule has 0 radical (unpaired) electrons. The molecule has 1 saturated heterocycles. The third kappa shape index (κ3) is 2.92. The molecular weight excluding hydrogens is 267 g/mol. The van der Waals surface area contributed by atoms with Gasteiger partial charge in [-0.3, -0.25) is 4.79 Å². The average Bonchev–Trinajstić information content (AvgIpc) is 2.70. The van der Waals surface area contributed by atoms with E-state index < -0.39 is 12.1 Å². The molecule has 1 aliphatic carbocycles. The molecule has 1 aliphatic heterocycles. The summed E-state index contributed by atoms with van der Waals surface area (Å²) >= 11 is 5.73. The van der Waals surface area contributed by atoms with E-state index in [-0.39, 0.29) is 30.7 Å². The summed E-state index contributed by atoms with van der Waals surface area (Å²) in [5, 5.41) is 0. The highest BCUT2D eigenvalue weighted by molar-refractivity contribution is 6.18. The quantitative estimate of drug-likeness (QED) is 0.713. The summed E-state index contributed by atoms with van der Waals surface area (Å²) in [6.45, 7) is 0.615. The molecule has 0 N–H and O–H groups in total. The summed E-state index contributed by atoms with van der Waals surface area (Å²) in [5.74, 6) is -0.522. The van der Waals surface area contributed by atoms with Crippen molar-refractivity contribution < 1.29 is 18.0 Å². The topological polar surface area (TPSA) is 20.3 Å². The van der Waals surface area contributed by atoms with Crippen LogP contribution in [-0.2, 0) is 4.79 Å². The van der Waals surface area contributed by atoms with E-state index in [4.69, 9.17) is 11.6 Å². The summed E-state index contributed by atoms with van der Waals surface area (Å²) in [6, 6.07) is -0.00989. The van der Waals surface area contributed by atoms with Crippen molar-refractivity contribution >= 4 is 17.5 Å². The Morgan fingerprint density at radius 3 is 2.28 bits per heavy atom. The molecule has 1 unspecified atom stereocenters. The lowest BCUT2D eigenvalue weighted by Gasteiger charge is -2.35. The molecule has 0 aromatic carbocycles. The lowest BCUT2D eigenvalue weighted by Crippen LogP contribution is -2.41. The van der Waals surface area contributed by atoms with Crippen molar-refractivity contribution in [3.63, 3.8) is 0 Å². The summed E-state index contributed by atoms with van der Waals surface area (Å²) < 4.78 is 37.6. The minimum Gasteiger partial charge on any atom is -0.339 e. The van der Waals surface area contributed by atoms with Gasteiger partial charge in [-0.25, -0.2) is 0 Å².